The van der Waals surface area contributed by atoms with Crippen LogP contribution in [0.4, 0.5) is 0 Å². The van der Waals surface area contributed by atoms with Crippen LogP contribution >= 0.6 is 0 Å². The fraction of sp³-hybridized carbons (Fsp3) is 0.538. The second-order valence-electron chi connectivity index (χ2n) is 4.52. The molecule has 0 radical (unpaired) electrons. The van der Waals surface area contributed by atoms with Gasteiger partial charge in [-0.2, -0.15) is 0 Å². The van der Waals surface area contributed by atoms with Gasteiger partial charge in [-0.15, -0.1) is 0 Å². The lowest BCUT2D eigenvalue weighted by Gasteiger charge is -2.54. The summed E-state index contributed by atoms with van der Waals surface area (Å²) in [6.07, 6.45) is 1.65. The summed E-state index contributed by atoms with van der Waals surface area (Å²) >= 11 is 0. The highest BCUT2D eigenvalue weighted by molar-refractivity contribution is 5.31. The predicted octanol–water partition coefficient (Wildman–Crippen LogP) is 1.67. The molecule has 1 aromatic carbocycles. The molecule has 0 spiro atoms. The summed E-state index contributed by atoms with van der Waals surface area (Å²) in [5.41, 5.74) is 7.22. The monoisotopic (exact) mass is 221 g/mol. The highest BCUT2D eigenvalue weighted by Crippen LogP contribution is 2.51. The molecular formula is C13H19NO2. The molecule has 1 aliphatic rings. The van der Waals surface area contributed by atoms with Crippen LogP contribution in [-0.2, 0) is 14.9 Å². The maximum absolute atomic E-state index is 5.92. The van der Waals surface area contributed by atoms with E-state index in [9.17, 15) is 0 Å². The molecule has 0 aliphatic heterocycles. The summed E-state index contributed by atoms with van der Waals surface area (Å²) in [5, 5.41) is 0. The average Bonchev–Trinajstić information content (AvgIpc) is 2.31. The van der Waals surface area contributed by atoms with E-state index < -0.39 is 5.79 Å². The second-order valence-corrected chi connectivity index (χ2v) is 4.52. The summed E-state index contributed by atoms with van der Waals surface area (Å²) in [6.45, 7) is 0.630. The summed E-state index contributed by atoms with van der Waals surface area (Å²) in [6, 6.07) is 10.4. The van der Waals surface area contributed by atoms with E-state index in [1.165, 1.54) is 5.56 Å². The molecule has 1 aromatic rings. The van der Waals surface area contributed by atoms with Gasteiger partial charge in [0.1, 0.15) is 0 Å². The maximum atomic E-state index is 5.92. The molecule has 3 heteroatoms. The first kappa shape index (κ1) is 11.6. The van der Waals surface area contributed by atoms with Crippen LogP contribution in [0, 0.1) is 0 Å². The number of hydrogen-bond acceptors (Lipinski definition) is 3. The normalized spacial score (nSPS) is 21.4. The first-order valence-electron chi connectivity index (χ1n) is 5.56. The summed E-state index contributed by atoms with van der Waals surface area (Å²) in [7, 11) is 3.38. The lowest BCUT2D eigenvalue weighted by molar-refractivity contribution is -0.277. The van der Waals surface area contributed by atoms with Gasteiger partial charge in [-0.3, -0.25) is 0 Å². The zero-order chi connectivity index (χ0) is 11.6. The van der Waals surface area contributed by atoms with E-state index in [1.54, 1.807) is 14.2 Å². The van der Waals surface area contributed by atoms with Gasteiger partial charge in [0.15, 0.2) is 5.79 Å². The van der Waals surface area contributed by atoms with Gasteiger partial charge < -0.3 is 15.2 Å². The fourth-order valence-electron chi connectivity index (χ4n) is 2.61. The SMILES string of the molecule is COC1(OC)CC(CN)(c2ccccc2)C1. The van der Waals surface area contributed by atoms with Crippen molar-refractivity contribution in [3.05, 3.63) is 35.9 Å². The fourth-order valence-corrected chi connectivity index (χ4v) is 2.61. The van der Waals surface area contributed by atoms with Gasteiger partial charge in [-0.05, 0) is 5.56 Å². The zero-order valence-corrected chi connectivity index (χ0v) is 9.90. The van der Waals surface area contributed by atoms with Crippen molar-refractivity contribution in [1.29, 1.82) is 0 Å². The Bertz CT molecular complexity index is 338. The van der Waals surface area contributed by atoms with Crippen LogP contribution < -0.4 is 5.73 Å². The van der Waals surface area contributed by atoms with Crippen LogP contribution in [0.15, 0.2) is 30.3 Å². The van der Waals surface area contributed by atoms with Gasteiger partial charge in [0.2, 0.25) is 0 Å². The molecule has 0 bridgehead atoms. The van der Waals surface area contributed by atoms with E-state index in [4.69, 9.17) is 15.2 Å². The lowest BCUT2D eigenvalue weighted by atomic mass is 9.60. The molecule has 2 rings (SSSR count). The number of hydrogen-bond donors (Lipinski definition) is 1. The number of rotatable bonds is 4. The topological polar surface area (TPSA) is 44.5 Å². The van der Waals surface area contributed by atoms with Crippen LogP contribution in [0.25, 0.3) is 0 Å². The van der Waals surface area contributed by atoms with Crippen molar-refractivity contribution in [2.75, 3.05) is 20.8 Å². The van der Waals surface area contributed by atoms with Crippen LogP contribution in [0.5, 0.6) is 0 Å². The minimum absolute atomic E-state index is 0.0211. The summed E-state index contributed by atoms with van der Waals surface area (Å²) in [4.78, 5) is 0. The van der Waals surface area contributed by atoms with E-state index >= 15 is 0 Å². The molecule has 16 heavy (non-hydrogen) atoms. The van der Waals surface area contributed by atoms with E-state index in [1.807, 2.05) is 18.2 Å². The first-order valence-corrected chi connectivity index (χ1v) is 5.56. The van der Waals surface area contributed by atoms with E-state index in [0.29, 0.717) is 6.54 Å². The highest BCUT2D eigenvalue weighted by Gasteiger charge is 2.55. The Morgan fingerprint density at radius 2 is 1.69 bits per heavy atom. The number of benzene rings is 1. The van der Waals surface area contributed by atoms with E-state index in [0.717, 1.165) is 12.8 Å². The molecule has 88 valence electrons. The third kappa shape index (κ3) is 1.65. The molecule has 1 saturated carbocycles. The Kier molecular flexibility index (Phi) is 3.02. The summed E-state index contributed by atoms with van der Waals surface area (Å²) in [5.74, 6) is -0.435. The molecule has 0 unspecified atom stereocenters. The molecule has 0 aromatic heterocycles. The molecule has 1 aliphatic carbocycles. The second kappa shape index (κ2) is 4.17. The lowest BCUT2D eigenvalue weighted by Crippen LogP contribution is -2.60. The van der Waals surface area contributed by atoms with Crippen molar-refractivity contribution in [2.45, 2.75) is 24.0 Å². The Balaban J connectivity index is 2.20. The molecule has 0 heterocycles. The highest BCUT2D eigenvalue weighted by atomic mass is 16.7. The van der Waals surface area contributed by atoms with E-state index in [-0.39, 0.29) is 5.41 Å². The average molecular weight is 221 g/mol. The quantitative estimate of drug-likeness (QED) is 0.786. The van der Waals surface area contributed by atoms with Crippen molar-refractivity contribution in [2.24, 2.45) is 5.73 Å². The van der Waals surface area contributed by atoms with Gasteiger partial charge in [0, 0.05) is 39.0 Å². The zero-order valence-electron chi connectivity index (χ0n) is 9.90. The van der Waals surface area contributed by atoms with Crippen molar-refractivity contribution in [3.8, 4) is 0 Å². The Hall–Kier alpha value is -0.900. The first-order chi connectivity index (χ1) is 7.70. The molecule has 0 saturated heterocycles. The molecule has 0 atom stereocenters. The third-order valence-electron chi connectivity index (χ3n) is 3.74. The Morgan fingerprint density at radius 3 is 2.12 bits per heavy atom. The minimum Gasteiger partial charge on any atom is -0.353 e. The smallest absolute Gasteiger partial charge is 0.169 e. The largest absolute Gasteiger partial charge is 0.353 e. The van der Waals surface area contributed by atoms with Crippen LogP contribution in [0.3, 0.4) is 0 Å². The van der Waals surface area contributed by atoms with Gasteiger partial charge in [-0.25, -0.2) is 0 Å². The maximum Gasteiger partial charge on any atom is 0.169 e. The Morgan fingerprint density at radius 1 is 1.12 bits per heavy atom. The predicted molar refractivity (Wildman–Crippen MR) is 63.2 cm³/mol. The van der Waals surface area contributed by atoms with Gasteiger partial charge in [0.05, 0.1) is 0 Å². The molecular weight excluding hydrogens is 202 g/mol. The van der Waals surface area contributed by atoms with Crippen LogP contribution in [-0.4, -0.2) is 26.6 Å². The van der Waals surface area contributed by atoms with Crippen LogP contribution in [0.2, 0.25) is 0 Å². The standard InChI is InChI=1S/C13H19NO2/c1-15-13(16-2)8-12(9-13,10-14)11-6-4-3-5-7-11/h3-7H,8-10,14H2,1-2H3. The van der Waals surface area contributed by atoms with Gasteiger partial charge in [-0.1, -0.05) is 30.3 Å². The van der Waals surface area contributed by atoms with Crippen molar-refractivity contribution >= 4 is 0 Å². The number of ether oxygens (including phenoxy) is 2. The molecule has 0 amide bonds. The van der Waals surface area contributed by atoms with Crippen molar-refractivity contribution in [3.63, 3.8) is 0 Å². The van der Waals surface area contributed by atoms with Gasteiger partial charge in [0.25, 0.3) is 0 Å². The van der Waals surface area contributed by atoms with E-state index in [2.05, 4.69) is 12.1 Å². The van der Waals surface area contributed by atoms with Gasteiger partial charge >= 0.3 is 0 Å². The van der Waals surface area contributed by atoms with Crippen LogP contribution in [0.1, 0.15) is 18.4 Å². The van der Waals surface area contributed by atoms with Crippen molar-refractivity contribution in [1.82, 2.24) is 0 Å². The number of nitrogens with two attached hydrogens (primary N) is 1. The molecule has 2 N–H and O–H groups in total. The third-order valence-corrected chi connectivity index (χ3v) is 3.74. The van der Waals surface area contributed by atoms with Crippen molar-refractivity contribution < 1.29 is 9.47 Å². The number of methoxy groups -OCH3 is 2. The minimum atomic E-state index is -0.435. The molecule has 3 nitrogen and oxygen atoms in total. The Labute approximate surface area is 96.5 Å². The summed E-state index contributed by atoms with van der Waals surface area (Å²) < 4.78 is 10.8. The molecule has 1 fully saturated rings.